The molecular weight excluding hydrogens is 224 g/mol. The summed E-state index contributed by atoms with van der Waals surface area (Å²) in [5.41, 5.74) is 1.10. The van der Waals surface area contributed by atoms with Crippen LogP contribution in [0.25, 0.3) is 0 Å². The highest BCUT2D eigenvalue weighted by atomic mass is 16.5. The zero-order valence-corrected chi connectivity index (χ0v) is 12.2. The second kappa shape index (κ2) is 3.74. The number of hydrogen-bond donors (Lipinski definition) is 0. The van der Waals surface area contributed by atoms with Gasteiger partial charge in [0.05, 0.1) is 0 Å². The van der Waals surface area contributed by atoms with Crippen molar-refractivity contribution in [1.82, 2.24) is 0 Å². The van der Waals surface area contributed by atoms with Crippen LogP contribution in [0.1, 0.15) is 59.8 Å². The van der Waals surface area contributed by atoms with E-state index in [2.05, 4.69) is 20.8 Å². The maximum absolute atomic E-state index is 11.1. The third-order valence-corrected chi connectivity index (χ3v) is 6.42. The fourth-order valence-electron chi connectivity index (χ4n) is 4.95. The van der Waals surface area contributed by atoms with Gasteiger partial charge >= 0.3 is 5.97 Å². The third kappa shape index (κ3) is 1.80. The second-order valence-electron chi connectivity index (χ2n) is 7.83. The molecule has 0 radical (unpaired) electrons. The molecule has 3 aliphatic rings. The van der Waals surface area contributed by atoms with E-state index in [9.17, 15) is 4.79 Å². The van der Waals surface area contributed by atoms with Crippen molar-refractivity contribution in [1.29, 1.82) is 0 Å². The number of ether oxygens (including phenoxy) is 1. The van der Waals surface area contributed by atoms with Crippen LogP contribution < -0.4 is 0 Å². The molecule has 0 spiro atoms. The quantitative estimate of drug-likeness (QED) is 0.662. The normalized spacial score (nSPS) is 48.9. The predicted molar refractivity (Wildman–Crippen MR) is 71.0 cm³/mol. The lowest BCUT2D eigenvalue weighted by atomic mass is 9.60. The molecule has 2 nitrogen and oxygen atoms in total. The highest BCUT2D eigenvalue weighted by Crippen LogP contribution is 2.71. The Kier molecular flexibility index (Phi) is 2.60. The maximum Gasteiger partial charge on any atom is 0.302 e. The van der Waals surface area contributed by atoms with Crippen molar-refractivity contribution in [2.45, 2.75) is 65.9 Å². The van der Waals surface area contributed by atoms with Gasteiger partial charge in [0.1, 0.15) is 6.10 Å². The summed E-state index contributed by atoms with van der Waals surface area (Å²) in [5.74, 6) is 2.57. The summed E-state index contributed by atoms with van der Waals surface area (Å²) >= 11 is 0. The van der Waals surface area contributed by atoms with Gasteiger partial charge in [0, 0.05) is 6.92 Å². The van der Waals surface area contributed by atoms with Crippen LogP contribution in [0.4, 0.5) is 0 Å². The Balaban J connectivity index is 1.70. The van der Waals surface area contributed by atoms with Gasteiger partial charge in [-0.25, -0.2) is 0 Å². The first-order valence-electron chi connectivity index (χ1n) is 7.50. The van der Waals surface area contributed by atoms with E-state index in [1.54, 1.807) is 0 Å². The average molecular weight is 250 g/mol. The monoisotopic (exact) mass is 250 g/mol. The van der Waals surface area contributed by atoms with Crippen molar-refractivity contribution in [3.05, 3.63) is 0 Å². The minimum atomic E-state index is -0.107. The third-order valence-electron chi connectivity index (χ3n) is 6.42. The van der Waals surface area contributed by atoms with E-state index in [4.69, 9.17) is 4.74 Å². The van der Waals surface area contributed by atoms with Gasteiger partial charge in [-0.15, -0.1) is 0 Å². The predicted octanol–water partition coefficient (Wildman–Crippen LogP) is 3.79. The standard InChI is InChI=1S/C16H26O2/c1-10(17)18-12-5-6-16(4)9-14-13(15(14,2)3)8-11(16)7-12/h11-14H,5-9H2,1-4H3/t11-,12-,13-,14+,16+/m1/s1. The van der Waals surface area contributed by atoms with Gasteiger partial charge < -0.3 is 4.74 Å². The molecule has 0 aromatic rings. The lowest BCUT2D eigenvalue weighted by molar-refractivity contribution is -0.151. The first-order chi connectivity index (χ1) is 8.33. The van der Waals surface area contributed by atoms with E-state index in [-0.39, 0.29) is 12.1 Å². The van der Waals surface area contributed by atoms with Gasteiger partial charge in [0.2, 0.25) is 0 Å². The first kappa shape index (κ1) is 12.5. The van der Waals surface area contributed by atoms with E-state index in [1.807, 2.05) is 0 Å². The van der Waals surface area contributed by atoms with Crippen molar-refractivity contribution in [2.24, 2.45) is 28.6 Å². The van der Waals surface area contributed by atoms with Crippen LogP contribution in [0.15, 0.2) is 0 Å². The molecule has 0 aromatic heterocycles. The summed E-state index contributed by atoms with van der Waals surface area (Å²) in [7, 11) is 0. The van der Waals surface area contributed by atoms with Gasteiger partial charge in [-0.05, 0) is 60.7 Å². The van der Waals surface area contributed by atoms with Crippen molar-refractivity contribution in [2.75, 3.05) is 0 Å². The molecule has 0 bridgehead atoms. The molecule has 3 saturated carbocycles. The summed E-state index contributed by atoms with van der Waals surface area (Å²) in [5, 5.41) is 0. The van der Waals surface area contributed by atoms with Gasteiger partial charge in [-0.2, -0.15) is 0 Å². The Hall–Kier alpha value is -0.530. The Morgan fingerprint density at radius 2 is 1.89 bits per heavy atom. The first-order valence-corrected chi connectivity index (χ1v) is 7.50. The highest BCUT2D eigenvalue weighted by Gasteiger charge is 2.64. The maximum atomic E-state index is 11.1. The van der Waals surface area contributed by atoms with E-state index >= 15 is 0 Å². The Bertz CT molecular complexity index is 373. The molecule has 3 rings (SSSR count). The summed E-state index contributed by atoms with van der Waals surface area (Å²) in [6, 6.07) is 0. The van der Waals surface area contributed by atoms with E-state index in [0.717, 1.165) is 30.6 Å². The number of carbonyl (C=O) groups is 1. The Labute approximate surface area is 110 Å². The van der Waals surface area contributed by atoms with Crippen LogP contribution in [-0.2, 0) is 9.53 Å². The topological polar surface area (TPSA) is 26.3 Å². The van der Waals surface area contributed by atoms with Crippen molar-refractivity contribution in [3.8, 4) is 0 Å². The minimum absolute atomic E-state index is 0.107. The smallest absolute Gasteiger partial charge is 0.302 e. The molecule has 3 aliphatic carbocycles. The van der Waals surface area contributed by atoms with Crippen molar-refractivity contribution >= 4 is 5.97 Å². The van der Waals surface area contributed by atoms with Crippen molar-refractivity contribution < 1.29 is 9.53 Å². The van der Waals surface area contributed by atoms with Crippen LogP contribution in [0.3, 0.4) is 0 Å². The molecule has 0 heterocycles. The molecule has 102 valence electrons. The highest BCUT2D eigenvalue weighted by molar-refractivity contribution is 5.66. The summed E-state index contributed by atoms with van der Waals surface area (Å²) < 4.78 is 5.45. The Morgan fingerprint density at radius 3 is 2.56 bits per heavy atom. The van der Waals surface area contributed by atoms with Gasteiger partial charge in [-0.1, -0.05) is 20.8 Å². The molecule has 3 fully saturated rings. The van der Waals surface area contributed by atoms with Crippen LogP contribution in [0.2, 0.25) is 0 Å². The lowest BCUT2D eigenvalue weighted by Gasteiger charge is -2.47. The SMILES string of the molecule is CC(=O)O[C@@H]1CC[C@@]2(C)C[C@H]3[C@@H](C[C@H]2C1)C3(C)C. The van der Waals surface area contributed by atoms with Crippen LogP contribution >= 0.6 is 0 Å². The molecule has 0 N–H and O–H groups in total. The van der Waals surface area contributed by atoms with E-state index in [0.29, 0.717) is 10.8 Å². The summed E-state index contributed by atoms with van der Waals surface area (Å²) in [6.07, 6.45) is 6.39. The number of esters is 1. The summed E-state index contributed by atoms with van der Waals surface area (Å²) in [4.78, 5) is 11.1. The zero-order valence-electron chi connectivity index (χ0n) is 12.2. The fourth-order valence-corrected chi connectivity index (χ4v) is 4.95. The van der Waals surface area contributed by atoms with Crippen LogP contribution in [0.5, 0.6) is 0 Å². The number of carbonyl (C=O) groups excluding carboxylic acids is 1. The summed E-state index contributed by atoms with van der Waals surface area (Å²) in [6.45, 7) is 8.89. The molecule has 5 atom stereocenters. The minimum Gasteiger partial charge on any atom is -0.463 e. The molecular formula is C16H26O2. The molecule has 0 aliphatic heterocycles. The average Bonchev–Trinajstić information content (AvgIpc) is 2.76. The molecule has 0 unspecified atom stereocenters. The van der Waals surface area contributed by atoms with Crippen molar-refractivity contribution in [3.63, 3.8) is 0 Å². The Morgan fingerprint density at radius 1 is 1.17 bits per heavy atom. The van der Waals surface area contributed by atoms with Gasteiger partial charge in [0.15, 0.2) is 0 Å². The second-order valence-corrected chi connectivity index (χ2v) is 7.83. The molecule has 2 heteroatoms. The van der Waals surface area contributed by atoms with Gasteiger partial charge in [0.25, 0.3) is 0 Å². The molecule has 0 amide bonds. The number of rotatable bonds is 1. The largest absolute Gasteiger partial charge is 0.463 e. The number of hydrogen-bond acceptors (Lipinski definition) is 2. The van der Waals surface area contributed by atoms with E-state index in [1.165, 1.54) is 26.2 Å². The zero-order chi connectivity index (χ0) is 13.1. The van der Waals surface area contributed by atoms with E-state index < -0.39 is 0 Å². The fraction of sp³-hybridized carbons (Fsp3) is 0.938. The van der Waals surface area contributed by atoms with Gasteiger partial charge in [-0.3, -0.25) is 4.79 Å². The molecule has 0 saturated heterocycles. The van der Waals surface area contributed by atoms with Crippen LogP contribution in [-0.4, -0.2) is 12.1 Å². The molecule has 18 heavy (non-hydrogen) atoms. The molecule has 0 aromatic carbocycles. The lowest BCUT2D eigenvalue weighted by Crippen LogP contribution is -2.40. The van der Waals surface area contributed by atoms with Crippen LogP contribution in [0, 0.1) is 28.6 Å². The number of fused-ring (bicyclic) bond motifs is 2.